The van der Waals surface area contributed by atoms with Crippen molar-refractivity contribution >= 4 is 29.0 Å². The number of nitrogens with zero attached hydrogens (tertiary/aromatic N) is 2. The summed E-state index contributed by atoms with van der Waals surface area (Å²) < 4.78 is 0. The van der Waals surface area contributed by atoms with Gasteiger partial charge in [0.2, 0.25) is 5.91 Å². The first-order valence-corrected chi connectivity index (χ1v) is 9.79. The Hall–Kier alpha value is -3.02. The summed E-state index contributed by atoms with van der Waals surface area (Å²) in [6, 6.07) is 11.9. The summed E-state index contributed by atoms with van der Waals surface area (Å²) >= 11 is 0. The standard InChI is InChI=1S/C22H26N4O2/c1-15(27)23-20-7-3-5-17-14-26(12-10-19(17)20)22(28)24-18-8-9-21-16(13-18)6-4-11-25(21)2/h3,5,7-9,13H,4,6,10-12,14H2,1-2H3,(H,23,27)(H,24,28). The van der Waals surface area contributed by atoms with Crippen molar-refractivity contribution in [3.63, 3.8) is 0 Å². The van der Waals surface area contributed by atoms with Crippen LogP contribution in [0.15, 0.2) is 36.4 Å². The summed E-state index contributed by atoms with van der Waals surface area (Å²) in [5.74, 6) is -0.0772. The molecular weight excluding hydrogens is 352 g/mol. The van der Waals surface area contributed by atoms with Crippen LogP contribution in [0.2, 0.25) is 0 Å². The molecule has 2 aromatic rings. The lowest BCUT2D eigenvalue weighted by atomic mass is 9.98. The van der Waals surface area contributed by atoms with Crippen LogP contribution in [0.3, 0.4) is 0 Å². The molecule has 2 aliphatic rings. The Balaban J connectivity index is 1.46. The molecule has 0 atom stereocenters. The number of carbonyl (C=O) groups is 2. The van der Waals surface area contributed by atoms with Crippen LogP contribution in [-0.4, -0.2) is 37.0 Å². The zero-order valence-electron chi connectivity index (χ0n) is 16.4. The van der Waals surface area contributed by atoms with E-state index in [4.69, 9.17) is 0 Å². The zero-order valence-corrected chi connectivity index (χ0v) is 16.4. The Morgan fingerprint density at radius 2 is 1.86 bits per heavy atom. The normalized spacial score (nSPS) is 15.5. The molecule has 146 valence electrons. The Labute approximate surface area is 165 Å². The van der Waals surface area contributed by atoms with E-state index in [1.165, 1.54) is 18.2 Å². The average Bonchev–Trinajstić information content (AvgIpc) is 2.67. The maximum atomic E-state index is 12.8. The van der Waals surface area contributed by atoms with Gasteiger partial charge in [0, 0.05) is 50.7 Å². The number of anilines is 3. The van der Waals surface area contributed by atoms with E-state index in [0.717, 1.165) is 48.3 Å². The number of carbonyl (C=O) groups excluding carboxylic acids is 2. The highest BCUT2D eigenvalue weighted by atomic mass is 16.2. The minimum Gasteiger partial charge on any atom is -0.374 e. The zero-order chi connectivity index (χ0) is 19.7. The maximum Gasteiger partial charge on any atom is 0.322 e. The van der Waals surface area contributed by atoms with Crippen molar-refractivity contribution in [2.24, 2.45) is 0 Å². The summed E-state index contributed by atoms with van der Waals surface area (Å²) in [5, 5.41) is 5.94. The predicted molar refractivity (Wildman–Crippen MR) is 112 cm³/mol. The highest BCUT2D eigenvalue weighted by Gasteiger charge is 2.23. The van der Waals surface area contributed by atoms with Crippen LogP contribution in [0.4, 0.5) is 21.9 Å². The highest BCUT2D eigenvalue weighted by Crippen LogP contribution is 2.30. The van der Waals surface area contributed by atoms with E-state index in [0.29, 0.717) is 13.1 Å². The van der Waals surface area contributed by atoms with E-state index in [1.807, 2.05) is 29.2 Å². The number of hydrogen-bond donors (Lipinski definition) is 2. The highest BCUT2D eigenvalue weighted by molar-refractivity contribution is 5.91. The molecule has 3 amide bonds. The van der Waals surface area contributed by atoms with Crippen molar-refractivity contribution in [3.8, 4) is 0 Å². The number of benzene rings is 2. The van der Waals surface area contributed by atoms with Crippen LogP contribution < -0.4 is 15.5 Å². The van der Waals surface area contributed by atoms with E-state index < -0.39 is 0 Å². The van der Waals surface area contributed by atoms with Gasteiger partial charge in [-0.15, -0.1) is 0 Å². The van der Waals surface area contributed by atoms with Crippen molar-refractivity contribution < 1.29 is 9.59 Å². The second kappa shape index (κ2) is 7.54. The summed E-state index contributed by atoms with van der Waals surface area (Å²) in [5.41, 5.74) is 6.44. The molecule has 0 bridgehead atoms. The quantitative estimate of drug-likeness (QED) is 0.839. The molecule has 0 unspecified atom stereocenters. The number of nitrogens with one attached hydrogen (secondary N) is 2. The molecule has 6 nitrogen and oxygen atoms in total. The van der Waals surface area contributed by atoms with Crippen LogP contribution in [0, 0.1) is 0 Å². The maximum absolute atomic E-state index is 12.8. The lowest BCUT2D eigenvalue weighted by molar-refractivity contribution is -0.114. The molecule has 0 aromatic heterocycles. The van der Waals surface area contributed by atoms with Crippen molar-refractivity contribution in [2.45, 2.75) is 32.7 Å². The molecule has 0 fully saturated rings. The van der Waals surface area contributed by atoms with Gasteiger partial charge < -0.3 is 20.4 Å². The van der Waals surface area contributed by atoms with Gasteiger partial charge in [0.15, 0.2) is 0 Å². The number of fused-ring (bicyclic) bond motifs is 2. The van der Waals surface area contributed by atoms with Crippen LogP contribution >= 0.6 is 0 Å². The third-order valence-corrected chi connectivity index (χ3v) is 5.55. The molecule has 4 rings (SSSR count). The van der Waals surface area contributed by atoms with Gasteiger partial charge in [-0.1, -0.05) is 12.1 Å². The topological polar surface area (TPSA) is 64.7 Å². The molecule has 0 aliphatic carbocycles. The van der Waals surface area contributed by atoms with Gasteiger partial charge >= 0.3 is 6.03 Å². The smallest absolute Gasteiger partial charge is 0.322 e. The van der Waals surface area contributed by atoms with E-state index >= 15 is 0 Å². The van der Waals surface area contributed by atoms with Crippen LogP contribution in [0.5, 0.6) is 0 Å². The van der Waals surface area contributed by atoms with Crippen LogP contribution in [0.25, 0.3) is 0 Å². The van der Waals surface area contributed by atoms with Gasteiger partial charge in [-0.25, -0.2) is 4.79 Å². The lowest BCUT2D eigenvalue weighted by Gasteiger charge is -2.31. The molecule has 2 aliphatic heterocycles. The van der Waals surface area contributed by atoms with Crippen LogP contribution in [-0.2, 0) is 24.2 Å². The fraction of sp³-hybridized carbons (Fsp3) is 0.364. The molecule has 2 N–H and O–H groups in total. The Bertz CT molecular complexity index is 925. The summed E-state index contributed by atoms with van der Waals surface area (Å²) in [6.45, 7) is 3.76. The van der Waals surface area contributed by atoms with Gasteiger partial charge in [0.05, 0.1) is 0 Å². The van der Waals surface area contributed by atoms with Gasteiger partial charge in [0.25, 0.3) is 0 Å². The minimum atomic E-state index is -0.0836. The van der Waals surface area contributed by atoms with E-state index in [1.54, 1.807) is 0 Å². The summed E-state index contributed by atoms with van der Waals surface area (Å²) in [4.78, 5) is 28.3. The summed E-state index contributed by atoms with van der Waals surface area (Å²) in [6.07, 6.45) is 2.92. The van der Waals surface area contributed by atoms with Crippen molar-refractivity contribution in [3.05, 3.63) is 53.1 Å². The number of aryl methyl sites for hydroxylation is 1. The van der Waals surface area contributed by atoms with Gasteiger partial charge in [-0.3, -0.25) is 4.79 Å². The third kappa shape index (κ3) is 3.67. The van der Waals surface area contributed by atoms with Gasteiger partial charge in [-0.2, -0.15) is 0 Å². The van der Waals surface area contributed by atoms with Crippen molar-refractivity contribution in [1.82, 2.24) is 4.90 Å². The fourth-order valence-corrected chi connectivity index (χ4v) is 4.16. The molecule has 0 radical (unpaired) electrons. The van der Waals surface area contributed by atoms with Crippen molar-refractivity contribution in [1.29, 1.82) is 0 Å². The minimum absolute atomic E-state index is 0.0772. The van der Waals surface area contributed by atoms with Gasteiger partial charge in [-0.05, 0) is 60.2 Å². The molecular formula is C22H26N4O2. The van der Waals surface area contributed by atoms with E-state index in [9.17, 15) is 9.59 Å². The Morgan fingerprint density at radius 1 is 1.00 bits per heavy atom. The molecule has 0 spiro atoms. The lowest BCUT2D eigenvalue weighted by Crippen LogP contribution is -2.39. The average molecular weight is 378 g/mol. The second-order valence-electron chi connectivity index (χ2n) is 7.59. The largest absolute Gasteiger partial charge is 0.374 e. The van der Waals surface area contributed by atoms with Gasteiger partial charge in [0.1, 0.15) is 0 Å². The Kier molecular flexibility index (Phi) is 4.94. The van der Waals surface area contributed by atoms with Crippen molar-refractivity contribution in [2.75, 3.05) is 35.7 Å². The molecule has 0 saturated carbocycles. The monoisotopic (exact) mass is 378 g/mol. The first-order chi connectivity index (χ1) is 13.5. The SMILES string of the molecule is CC(=O)Nc1cccc2c1CCN(C(=O)Nc1ccc3c(c1)CCCN3C)C2. The Morgan fingerprint density at radius 3 is 2.68 bits per heavy atom. The summed E-state index contributed by atoms with van der Waals surface area (Å²) in [7, 11) is 2.11. The molecule has 2 heterocycles. The molecule has 2 aromatic carbocycles. The number of urea groups is 1. The first-order valence-electron chi connectivity index (χ1n) is 9.79. The number of hydrogen-bond acceptors (Lipinski definition) is 3. The van der Waals surface area contributed by atoms with Crippen LogP contribution in [0.1, 0.15) is 30.0 Å². The predicted octanol–water partition coefficient (Wildman–Crippen LogP) is 3.62. The third-order valence-electron chi connectivity index (χ3n) is 5.55. The molecule has 0 saturated heterocycles. The van der Waals surface area contributed by atoms with E-state index in [2.05, 4.69) is 34.7 Å². The number of rotatable bonds is 2. The first kappa shape index (κ1) is 18.3. The fourth-order valence-electron chi connectivity index (χ4n) is 4.16. The molecule has 28 heavy (non-hydrogen) atoms. The van der Waals surface area contributed by atoms with E-state index in [-0.39, 0.29) is 11.9 Å². The molecule has 6 heteroatoms. The second-order valence-corrected chi connectivity index (χ2v) is 7.59. The number of amides is 3.